The van der Waals surface area contributed by atoms with Crippen LogP contribution in [0.25, 0.3) is 11.4 Å². The van der Waals surface area contributed by atoms with Crippen LogP contribution in [0.15, 0.2) is 48.8 Å². The van der Waals surface area contributed by atoms with Gasteiger partial charge in [-0.05, 0) is 60.4 Å². The van der Waals surface area contributed by atoms with Gasteiger partial charge in [0.15, 0.2) is 5.69 Å². The molecule has 0 saturated heterocycles. The number of hydrogen-bond donors (Lipinski definition) is 3. The Kier molecular flexibility index (Phi) is 7.20. The summed E-state index contributed by atoms with van der Waals surface area (Å²) in [6.07, 6.45) is 4.27. The van der Waals surface area contributed by atoms with E-state index in [0.29, 0.717) is 18.0 Å². The molecule has 1 saturated carbocycles. The van der Waals surface area contributed by atoms with Gasteiger partial charge >= 0.3 is 6.61 Å². The first-order chi connectivity index (χ1) is 16.7. The Morgan fingerprint density at radius 2 is 1.91 bits per heavy atom. The lowest BCUT2D eigenvalue weighted by Crippen LogP contribution is -2.32. The lowest BCUT2D eigenvalue weighted by molar-refractivity contribution is -0.0527. The van der Waals surface area contributed by atoms with Gasteiger partial charge in [0.05, 0.1) is 35.1 Å². The SMILES string of the molecule is C[C@@H]1[C@H](O)C[C@H](c2ccncc2NC(=O)c2nc(-c3cccc(OC(F)F)n3)ccc2N)C[C@@H]1C. The number of amides is 1. The summed E-state index contributed by atoms with van der Waals surface area (Å²) >= 11 is 0. The molecule has 10 heteroatoms. The molecule has 0 radical (unpaired) electrons. The number of carbonyl (C=O) groups is 1. The van der Waals surface area contributed by atoms with E-state index in [0.717, 1.165) is 12.0 Å². The maximum Gasteiger partial charge on any atom is 0.388 e. The van der Waals surface area contributed by atoms with E-state index in [1.165, 1.54) is 18.2 Å². The van der Waals surface area contributed by atoms with Crippen molar-refractivity contribution in [1.29, 1.82) is 0 Å². The van der Waals surface area contributed by atoms with Gasteiger partial charge in [-0.3, -0.25) is 9.78 Å². The highest BCUT2D eigenvalue weighted by Crippen LogP contribution is 2.41. The highest BCUT2D eigenvalue weighted by Gasteiger charge is 2.33. The van der Waals surface area contributed by atoms with Gasteiger partial charge in [0.2, 0.25) is 5.88 Å². The van der Waals surface area contributed by atoms with Gasteiger partial charge in [0.1, 0.15) is 0 Å². The molecule has 35 heavy (non-hydrogen) atoms. The number of alkyl halides is 2. The fourth-order valence-corrected chi connectivity index (χ4v) is 4.45. The van der Waals surface area contributed by atoms with Crippen LogP contribution in [0.4, 0.5) is 20.2 Å². The number of nitrogen functional groups attached to an aromatic ring is 1. The minimum atomic E-state index is -3.01. The van der Waals surface area contributed by atoms with E-state index >= 15 is 0 Å². The first-order valence-corrected chi connectivity index (χ1v) is 11.3. The number of halogens is 2. The maximum absolute atomic E-state index is 13.2. The number of carbonyl (C=O) groups excluding carboxylic acids is 1. The van der Waals surface area contributed by atoms with Crippen molar-refractivity contribution in [2.75, 3.05) is 11.1 Å². The summed E-state index contributed by atoms with van der Waals surface area (Å²) < 4.78 is 29.4. The van der Waals surface area contributed by atoms with E-state index < -0.39 is 18.6 Å². The molecule has 0 unspecified atom stereocenters. The number of aromatic nitrogens is 3. The average molecular weight is 484 g/mol. The predicted octanol–water partition coefficient (Wildman–Crippen LogP) is 4.49. The third-order valence-electron chi connectivity index (χ3n) is 6.57. The molecule has 4 rings (SSSR count). The van der Waals surface area contributed by atoms with Crippen LogP contribution in [0.3, 0.4) is 0 Å². The number of aliphatic hydroxyl groups excluding tert-OH is 1. The number of ether oxygens (including phenoxy) is 1. The lowest BCUT2D eigenvalue weighted by Gasteiger charge is -2.37. The summed E-state index contributed by atoms with van der Waals surface area (Å²) in [5.41, 5.74) is 8.07. The molecule has 1 aliphatic rings. The summed E-state index contributed by atoms with van der Waals surface area (Å²) in [5.74, 6) is -0.215. The number of rotatable bonds is 6. The minimum Gasteiger partial charge on any atom is -0.417 e. The maximum atomic E-state index is 13.2. The van der Waals surface area contributed by atoms with Crippen molar-refractivity contribution in [1.82, 2.24) is 15.0 Å². The van der Waals surface area contributed by atoms with E-state index in [-0.39, 0.29) is 40.5 Å². The van der Waals surface area contributed by atoms with E-state index in [4.69, 9.17) is 5.73 Å². The Balaban J connectivity index is 1.59. The number of aliphatic hydroxyl groups is 1. The molecular formula is C25H27F2N5O3. The summed E-state index contributed by atoms with van der Waals surface area (Å²) in [4.78, 5) is 25.7. The van der Waals surface area contributed by atoms with E-state index in [9.17, 15) is 18.7 Å². The second-order valence-electron chi connectivity index (χ2n) is 8.86. The Labute approximate surface area is 201 Å². The summed E-state index contributed by atoms with van der Waals surface area (Å²) in [5, 5.41) is 13.3. The van der Waals surface area contributed by atoms with Crippen LogP contribution in [0, 0.1) is 11.8 Å². The minimum absolute atomic E-state index is 0.0371. The van der Waals surface area contributed by atoms with E-state index in [2.05, 4.69) is 31.9 Å². The highest BCUT2D eigenvalue weighted by molar-refractivity contribution is 6.06. The smallest absolute Gasteiger partial charge is 0.388 e. The quantitative estimate of drug-likeness (QED) is 0.472. The predicted molar refractivity (Wildman–Crippen MR) is 127 cm³/mol. The number of pyridine rings is 3. The third kappa shape index (κ3) is 5.54. The van der Waals surface area contributed by atoms with Crippen LogP contribution in [0.5, 0.6) is 5.88 Å². The molecular weight excluding hydrogens is 456 g/mol. The molecule has 4 N–H and O–H groups in total. The molecule has 1 fully saturated rings. The molecule has 0 aliphatic heterocycles. The molecule has 8 nitrogen and oxygen atoms in total. The van der Waals surface area contributed by atoms with Crippen molar-refractivity contribution < 1.29 is 23.4 Å². The lowest BCUT2D eigenvalue weighted by atomic mass is 9.71. The second kappa shape index (κ2) is 10.3. The van der Waals surface area contributed by atoms with Crippen molar-refractivity contribution in [2.24, 2.45) is 11.8 Å². The van der Waals surface area contributed by atoms with Crippen LogP contribution in [0.1, 0.15) is 48.7 Å². The molecule has 1 aliphatic carbocycles. The van der Waals surface area contributed by atoms with Crippen LogP contribution in [-0.4, -0.2) is 38.7 Å². The van der Waals surface area contributed by atoms with E-state index in [1.807, 2.05) is 13.0 Å². The number of nitrogens with two attached hydrogens (primary N) is 1. The molecule has 184 valence electrons. The number of hydrogen-bond acceptors (Lipinski definition) is 7. The number of nitrogens with zero attached hydrogens (tertiary/aromatic N) is 3. The summed E-state index contributed by atoms with van der Waals surface area (Å²) in [6.45, 7) is 1.15. The largest absolute Gasteiger partial charge is 0.417 e. The number of anilines is 2. The fraction of sp³-hybridized carbons (Fsp3) is 0.360. The van der Waals surface area contributed by atoms with Gasteiger partial charge in [0.25, 0.3) is 5.91 Å². The Morgan fingerprint density at radius 3 is 2.66 bits per heavy atom. The van der Waals surface area contributed by atoms with Crippen LogP contribution in [-0.2, 0) is 0 Å². The zero-order valence-corrected chi connectivity index (χ0v) is 19.4. The highest BCUT2D eigenvalue weighted by atomic mass is 19.3. The first-order valence-electron chi connectivity index (χ1n) is 11.3. The molecule has 3 aromatic rings. The zero-order chi connectivity index (χ0) is 25.1. The van der Waals surface area contributed by atoms with Crippen molar-refractivity contribution in [3.05, 3.63) is 60.0 Å². The summed E-state index contributed by atoms with van der Waals surface area (Å²) in [6, 6.07) is 9.26. The summed E-state index contributed by atoms with van der Waals surface area (Å²) in [7, 11) is 0. The Hall–Kier alpha value is -3.66. The monoisotopic (exact) mass is 483 g/mol. The second-order valence-corrected chi connectivity index (χ2v) is 8.86. The first kappa shape index (κ1) is 24.5. The molecule has 4 atom stereocenters. The van der Waals surface area contributed by atoms with Crippen molar-refractivity contribution in [3.8, 4) is 17.3 Å². The van der Waals surface area contributed by atoms with Crippen LogP contribution >= 0.6 is 0 Å². The molecule has 3 aromatic heterocycles. The van der Waals surface area contributed by atoms with Crippen molar-refractivity contribution in [3.63, 3.8) is 0 Å². The van der Waals surface area contributed by atoms with Crippen LogP contribution < -0.4 is 15.8 Å². The molecule has 1 amide bonds. The Bertz CT molecular complexity index is 1200. The van der Waals surface area contributed by atoms with Gasteiger partial charge in [0, 0.05) is 12.3 Å². The zero-order valence-electron chi connectivity index (χ0n) is 19.4. The fourth-order valence-electron chi connectivity index (χ4n) is 4.45. The topological polar surface area (TPSA) is 123 Å². The molecule has 0 spiro atoms. The molecule has 0 aromatic carbocycles. The van der Waals surface area contributed by atoms with Crippen LogP contribution in [0.2, 0.25) is 0 Å². The molecule has 3 heterocycles. The Morgan fingerprint density at radius 1 is 1.14 bits per heavy atom. The normalized spacial score (nSPS) is 22.1. The van der Waals surface area contributed by atoms with E-state index in [1.54, 1.807) is 24.5 Å². The van der Waals surface area contributed by atoms with Gasteiger partial charge in [-0.2, -0.15) is 8.78 Å². The average Bonchev–Trinajstić information content (AvgIpc) is 2.82. The van der Waals surface area contributed by atoms with Crippen molar-refractivity contribution >= 4 is 17.3 Å². The van der Waals surface area contributed by atoms with Gasteiger partial charge < -0.3 is 20.9 Å². The molecule has 0 bridgehead atoms. The van der Waals surface area contributed by atoms with Gasteiger partial charge in [-0.25, -0.2) is 9.97 Å². The van der Waals surface area contributed by atoms with Gasteiger partial charge in [-0.15, -0.1) is 0 Å². The standard InChI is InChI=1S/C25H27F2N5O3/c1-13-10-15(11-21(33)14(13)2)16-8-9-29-12-20(16)32-24(34)23-17(28)6-7-19(31-23)18-4-3-5-22(30-18)35-25(26)27/h3-9,12-15,21,25,33H,10-11,28H2,1-2H3,(H,32,34)/t13-,14-,15+,21+/m0/s1. The number of nitrogens with one attached hydrogen (secondary N) is 1. The van der Waals surface area contributed by atoms with Gasteiger partial charge in [-0.1, -0.05) is 19.9 Å². The van der Waals surface area contributed by atoms with Crippen molar-refractivity contribution in [2.45, 2.75) is 45.3 Å². The third-order valence-corrected chi connectivity index (χ3v) is 6.57.